The Morgan fingerprint density at radius 1 is 1.56 bits per heavy atom. The summed E-state index contributed by atoms with van der Waals surface area (Å²) >= 11 is 7.70. The second-order valence-electron chi connectivity index (χ2n) is 4.60. The number of nitrogens with zero attached hydrogens (tertiary/aromatic N) is 1. The molecule has 5 heteroatoms. The van der Waals surface area contributed by atoms with Crippen molar-refractivity contribution in [2.45, 2.75) is 17.7 Å². The SMILES string of the molecule is O=C(c1ccc(Br)cc1S)N1CCCC(CO)C1. The molecule has 1 saturated heterocycles. The smallest absolute Gasteiger partial charge is 0.254 e. The Hall–Kier alpha value is -0.520. The van der Waals surface area contributed by atoms with Gasteiger partial charge in [0.2, 0.25) is 0 Å². The minimum absolute atomic E-state index is 0.00523. The van der Waals surface area contributed by atoms with Gasteiger partial charge in [0.1, 0.15) is 0 Å². The molecule has 0 bridgehead atoms. The molecule has 1 aliphatic heterocycles. The van der Waals surface area contributed by atoms with Gasteiger partial charge in [-0.25, -0.2) is 0 Å². The number of halogens is 1. The third-order valence-electron chi connectivity index (χ3n) is 3.25. The van der Waals surface area contributed by atoms with Crippen LogP contribution in [0.5, 0.6) is 0 Å². The van der Waals surface area contributed by atoms with Crippen LogP contribution in [0.4, 0.5) is 0 Å². The monoisotopic (exact) mass is 329 g/mol. The van der Waals surface area contributed by atoms with Crippen LogP contribution in [0.3, 0.4) is 0 Å². The van der Waals surface area contributed by atoms with E-state index in [0.717, 1.165) is 23.9 Å². The van der Waals surface area contributed by atoms with E-state index in [2.05, 4.69) is 28.6 Å². The first-order valence-corrected chi connectivity index (χ1v) is 7.24. The summed E-state index contributed by atoms with van der Waals surface area (Å²) in [6.45, 7) is 1.55. The van der Waals surface area contributed by atoms with E-state index in [1.54, 1.807) is 6.07 Å². The Kier molecular flexibility index (Phi) is 4.70. The summed E-state index contributed by atoms with van der Waals surface area (Å²) in [5, 5.41) is 9.19. The fourth-order valence-electron chi connectivity index (χ4n) is 2.25. The van der Waals surface area contributed by atoms with Crippen LogP contribution in [0.2, 0.25) is 0 Å². The van der Waals surface area contributed by atoms with Crippen molar-refractivity contribution >= 4 is 34.5 Å². The largest absolute Gasteiger partial charge is 0.396 e. The van der Waals surface area contributed by atoms with E-state index in [9.17, 15) is 9.90 Å². The summed E-state index contributed by atoms with van der Waals surface area (Å²) in [7, 11) is 0. The molecule has 0 radical (unpaired) electrons. The number of carbonyl (C=O) groups excluding carboxylic acids is 1. The average molecular weight is 330 g/mol. The first-order valence-electron chi connectivity index (χ1n) is 6.00. The second-order valence-corrected chi connectivity index (χ2v) is 6.00. The third kappa shape index (κ3) is 3.08. The van der Waals surface area contributed by atoms with Gasteiger partial charge in [0, 0.05) is 29.1 Å². The normalized spacial score (nSPS) is 19.9. The fraction of sp³-hybridized carbons (Fsp3) is 0.462. The highest BCUT2D eigenvalue weighted by molar-refractivity contribution is 9.10. The van der Waals surface area contributed by atoms with E-state index in [-0.39, 0.29) is 18.4 Å². The first-order chi connectivity index (χ1) is 8.61. The maximum atomic E-state index is 12.4. The maximum absolute atomic E-state index is 12.4. The molecule has 1 aromatic carbocycles. The lowest BCUT2D eigenvalue weighted by Crippen LogP contribution is -2.41. The van der Waals surface area contributed by atoms with Crippen LogP contribution >= 0.6 is 28.6 Å². The summed E-state index contributed by atoms with van der Waals surface area (Å²) < 4.78 is 0.913. The quantitative estimate of drug-likeness (QED) is 0.819. The van der Waals surface area contributed by atoms with Gasteiger partial charge in [0.25, 0.3) is 5.91 Å². The minimum Gasteiger partial charge on any atom is -0.396 e. The molecule has 18 heavy (non-hydrogen) atoms. The molecule has 98 valence electrons. The number of aliphatic hydroxyl groups excluding tert-OH is 1. The highest BCUT2D eigenvalue weighted by Crippen LogP contribution is 2.23. The van der Waals surface area contributed by atoms with E-state index in [0.29, 0.717) is 17.0 Å². The first kappa shape index (κ1) is 13.9. The molecule has 3 nitrogen and oxygen atoms in total. The summed E-state index contributed by atoms with van der Waals surface area (Å²) in [5.41, 5.74) is 0.625. The van der Waals surface area contributed by atoms with Crippen LogP contribution in [0, 0.1) is 5.92 Å². The van der Waals surface area contributed by atoms with Gasteiger partial charge >= 0.3 is 0 Å². The Morgan fingerprint density at radius 2 is 2.33 bits per heavy atom. The molecule has 1 heterocycles. The molecule has 1 aromatic rings. The van der Waals surface area contributed by atoms with Crippen molar-refractivity contribution in [3.8, 4) is 0 Å². The van der Waals surface area contributed by atoms with Gasteiger partial charge in [-0.1, -0.05) is 15.9 Å². The van der Waals surface area contributed by atoms with Crippen LogP contribution in [-0.2, 0) is 0 Å². The second kappa shape index (κ2) is 6.08. The summed E-state index contributed by atoms with van der Waals surface area (Å²) in [4.78, 5) is 14.9. The summed E-state index contributed by atoms with van der Waals surface area (Å²) in [5.74, 6) is 0.215. The van der Waals surface area contributed by atoms with Crippen molar-refractivity contribution in [3.63, 3.8) is 0 Å². The fourth-order valence-corrected chi connectivity index (χ4v) is 3.10. The molecule has 0 saturated carbocycles. The van der Waals surface area contributed by atoms with Crippen LogP contribution in [-0.4, -0.2) is 35.6 Å². The standard InChI is InChI=1S/C13H16BrNO2S/c14-10-3-4-11(12(18)6-10)13(17)15-5-1-2-9(7-15)8-16/h3-4,6,9,16,18H,1-2,5,7-8H2. The predicted molar refractivity (Wildman–Crippen MR) is 77.1 cm³/mol. The van der Waals surface area contributed by atoms with E-state index in [1.807, 2.05) is 17.0 Å². The molecule has 0 aromatic heterocycles. The maximum Gasteiger partial charge on any atom is 0.254 e. The van der Waals surface area contributed by atoms with Crippen LogP contribution < -0.4 is 0 Å². The molecule has 1 fully saturated rings. The van der Waals surface area contributed by atoms with Gasteiger partial charge in [0.05, 0.1) is 5.56 Å². The predicted octanol–water partition coefficient (Wildman–Crippen LogP) is 2.58. The van der Waals surface area contributed by atoms with Crippen molar-refractivity contribution < 1.29 is 9.90 Å². The molecular formula is C13H16BrNO2S. The molecule has 2 rings (SSSR count). The molecule has 0 aliphatic carbocycles. The third-order valence-corrected chi connectivity index (χ3v) is 4.12. The number of rotatable bonds is 2. The van der Waals surface area contributed by atoms with Crippen molar-refractivity contribution in [2.75, 3.05) is 19.7 Å². The molecule has 1 N–H and O–H groups in total. The zero-order valence-corrected chi connectivity index (χ0v) is 12.5. The van der Waals surface area contributed by atoms with Crippen molar-refractivity contribution in [2.24, 2.45) is 5.92 Å². The zero-order valence-electron chi connectivity index (χ0n) is 9.97. The lowest BCUT2D eigenvalue weighted by Gasteiger charge is -2.32. The molecule has 1 unspecified atom stereocenters. The summed E-state index contributed by atoms with van der Waals surface area (Å²) in [6.07, 6.45) is 1.95. The van der Waals surface area contributed by atoms with Crippen molar-refractivity contribution in [1.82, 2.24) is 4.90 Å². The molecule has 0 spiro atoms. The summed E-state index contributed by atoms with van der Waals surface area (Å²) in [6, 6.07) is 5.46. The van der Waals surface area contributed by atoms with E-state index in [1.165, 1.54) is 0 Å². The van der Waals surface area contributed by atoms with E-state index >= 15 is 0 Å². The average Bonchev–Trinajstić information content (AvgIpc) is 2.38. The molecule has 1 amide bonds. The minimum atomic E-state index is 0.00523. The highest BCUT2D eigenvalue weighted by atomic mass is 79.9. The topological polar surface area (TPSA) is 40.5 Å². The number of aliphatic hydroxyl groups is 1. The number of piperidine rings is 1. The van der Waals surface area contributed by atoms with Crippen LogP contribution in [0.25, 0.3) is 0 Å². The number of hydrogen-bond acceptors (Lipinski definition) is 3. The molecular weight excluding hydrogens is 314 g/mol. The van der Waals surface area contributed by atoms with Gasteiger partial charge in [0.15, 0.2) is 0 Å². The lowest BCUT2D eigenvalue weighted by molar-refractivity contribution is 0.0617. The van der Waals surface area contributed by atoms with Gasteiger partial charge in [-0.2, -0.15) is 0 Å². The number of likely N-dealkylation sites (tertiary alicyclic amines) is 1. The van der Waals surface area contributed by atoms with Gasteiger partial charge in [-0.15, -0.1) is 12.6 Å². The molecule has 1 atom stereocenters. The lowest BCUT2D eigenvalue weighted by atomic mass is 9.98. The number of benzene rings is 1. The Bertz CT molecular complexity index is 453. The van der Waals surface area contributed by atoms with Gasteiger partial charge in [-0.05, 0) is 37.0 Å². The van der Waals surface area contributed by atoms with E-state index < -0.39 is 0 Å². The van der Waals surface area contributed by atoms with E-state index in [4.69, 9.17) is 0 Å². The van der Waals surface area contributed by atoms with Gasteiger partial charge in [-0.3, -0.25) is 4.79 Å². The number of amides is 1. The Morgan fingerprint density at radius 3 is 3.00 bits per heavy atom. The van der Waals surface area contributed by atoms with Crippen molar-refractivity contribution in [3.05, 3.63) is 28.2 Å². The Labute approximate surface area is 121 Å². The Balaban J connectivity index is 2.15. The number of hydrogen-bond donors (Lipinski definition) is 2. The van der Waals surface area contributed by atoms with Crippen LogP contribution in [0.1, 0.15) is 23.2 Å². The van der Waals surface area contributed by atoms with Gasteiger partial charge < -0.3 is 10.0 Å². The number of carbonyl (C=O) groups is 1. The molecule has 1 aliphatic rings. The zero-order chi connectivity index (χ0) is 13.1. The van der Waals surface area contributed by atoms with Crippen molar-refractivity contribution in [1.29, 1.82) is 0 Å². The highest BCUT2D eigenvalue weighted by Gasteiger charge is 2.24. The number of thiol groups is 1. The van der Waals surface area contributed by atoms with Crippen LogP contribution in [0.15, 0.2) is 27.6 Å².